The fourth-order valence-corrected chi connectivity index (χ4v) is 7.51. The van der Waals surface area contributed by atoms with Crippen molar-refractivity contribution in [2.45, 2.75) is 87.9 Å². The second kappa shape index (κ2) is 9.42. The SMILES string of the molecule is CC12CCC3c4ccc(OS(=O)(=O)O)cc4CCC3C1CC(OC1OC(C(=O)O)C(O)C(O)C1O)C2O. The number of carbonyl (C=O) groups is 1. The third kappa shape index (κ3) is 4.65. The van der Waals surface area contributed by atoms with Crippen molar-refractivity contribution in [3.05, 3.63) is 29.3 Å². The fourth-order valence-electron chi connectivity index (χ4n) is 7.16. The predicted octanol–water partition coefficient (Wildman–Crippen LogP) is -0.0275. The average molecular weight is 545 g/mol. The number of benzene rings is 1. The maximum Gasteiger partial charge on any atom is 0.446 e. The number of aryl methyl sites for hydroxylation is 1. The van der Waals surface area contributed by atoms with Crippen LogP contribution in [0.4, 0.5) is 0 Å². The lowest BCUT2D eigenvalue weighted by Crippen LogP contribution is -2.61. The van der Waals surface area contributed by atoms with Gasteiger partial charge in [-0.3, -0.25) is 4.55 Å². The molecule has 0 spiro atoms. The van der Waals surface area contributed by atoms with Gasteiger partial charge in [-0.25, -0.2) is 4.79 Å². The van der Waals surface area contributed by atoms with Gasteiger partial charge in [-0.05, 0) is 78.5 Å². The van der Waals surface area contributed by atoms with E-state index in [2.05, 4.69) is 4.18 Å². The zero-order valence-electron chi connectivity index (χ0n) is 20.1. The number of hydrogen-bond acceptors (Lipinski definition) is 10. The Kier molecular flexibility index (Phi) is 6.81. The van der Waals surface area contributed by atoms with Gasteiger partial charge in [0.15, 0.2) is 12.4 Å². The van der Waals surface area contributed by atoms with Crippen LogP contribution in [0.5, 0.6) is 5.75 Å². The molecule has 0 aromatic heterocycles. The van der Waals surface area contributed by atoms with Crippen molar-refractivity contribution in [1.29, 1.82) is 0 Å². The van der Waals surface area contributed by atoms with Crippen LogP contribution in [0.15, 0.2) is 18.2 Å². The van der Waals surface area contributed by atoms with Gasteiger partial charge in [0.25, 0.3) is 0 Å². The first-order valence-corrected chi connectivity index (χ1v) is 13.7. The molecule has 0 radical (unpaired) electrons. The first-order valence-electron chi connectivity index (χ1n) is 12.4. The molecule has 2 saturated carbocycles. The van der Waals surface area contributed by atoms with Crippen LogP contribution in [0.3, 0.4) is 0 Å². The van der Waals surface area contributed by atoms with Crippen LogP contribution in [-0.4, -0.2) is 87.4 Å². The number of hydrogen-bond donors (Lipinski definition) is 6. The van der Waals surface area contributed by atoms with Crippen molar-refractivity contribution >= 4 is 16.4 Å². The zero-order chi connectivity index (χ0) is 26.9. The second-order valence-electron chi connectivity index (χ2n) is 10.9. The van der Waals surface area contributed by atoms with E-state index in [4.69, 9.17) is 14.0 Å². The number of aliphatic hydroxyl groups excluding tert-OH is 4. The van der Waals surface area contributed by atoms with Gasteiger partial charge in [-0.2, -0.15) is 8.42 Å². The lowest BCUT2D eigenvalue weighted by atomic mass is 9.55. The Morgan fingerprint density at radius 2 is 1.84 bits per heavy atom. The minimum Gasteiger partial charge on any atom is -0.479 e. The lowest BCUT2D eigenvalue weighted by molar-refractivity contribution is -0.309. The van der Waals surface area contributed by atoms with E-state index in [0.717, 1.165) is 24.0 Å². The Labute approximate surface area is 213 Å². The Morgan fingerprint density at radius 1 is 1.11 bits per heavy atom. The molecule has 4 aliphatic rings. The number of rotatable bonds is 5. The summed E-state index contributed by atoms with van der Waals surface area (Å²) >= 11 is 0. The molecular formula is C24H32O12S. The summed E-state index contributed by atoms with van der Waals surface area (Å²) in [5.74, 6) is -1.06. The van der Waals surface area contributed by atoms with E-state index < -0.39 is 64.7 Å². The highest BCUT2D eigenvalue weighted by Crippen LogP contribution is 2.61. The van der Waals surface area contributed by atoms with Gasteiger partial charge < -0.3 is 39.2 Å². The van der Waals surface area contributed by atoms with Crippen molar-refractivity contribution in [2.24, 2.45) is 17.3 Å². The fraction of sp³-hybridized carbons (Fsp3) is 0.708. The monoisotopic (exact) mass is 544 g/mol. The number of carboxylic acids is 1. The standard InChI is InChI=1S/C24H32O12S/c1-24-7-6-13-12-5-3-11(36-37(31,32)33)8-10(12)2-4-14(13)15(24)9-16(21(24)28)34-23-19(27)17(25)18(26)20(35-23)22(29)30/h3,5,8,13-21,23,25-28H,2,4,6-7,9H2,1H3,(H,29,30)(H,31,32,33). The van der Waals surface area contributed by atoms with E-state index in [1.54, 1.807) is 6.07 Å². The smallest absolute Gasteiger partial charge is 0.446 e. The Bertz CT molecular complexity index is 1160. The summed E-state index contributed by atoms with van der Waals surface area (Å²) in [6.45, 7) is 2.00. The average Bonchev–Trinajstić information content (AvgIpc) is 3.08. The van der Waals surface area contributed by atoms with Crippen LogP contribution in [0.25, 0.3) is 0 Å². The van der Waals surface area contributed by atoms with Crippen LogP contribution < -0.4 is 4.18 Å². The van der Waals surface area contributed by atoms with Gasteiger partial charge >= 0.3 is 16.4 Å². The summed E-state index contributed by atoms with van der Waals surface area (Å²) in [6.07, 6.45) is -7.01. The van der Waals surface area contributed by atoms with Crippen molar-refractivity contribution in [2.75, 3.05) is 0 Å². The third-order valence-corrected chi connectivity index (χ3v) is 9.38. The van der Waals surface area contributed by atoms with E-state index in [9.17, 15) is 38.7 Å². The molecule has 11 atom stereocenters. The Balaban J connectivity index is 1.34. The van der Waals surface area contributed by atoms with Crippen molar-refractivity contribution < 1.29 is 57.0 Å². The van der Waals surface area contributed by atoms with E-state index in [0.29, 0.717) is 19.3 Å². The van der Waals surface area contributed by atoms with Gasteiger partial charge in [-0.1, -0.05) is 13.0 Å². The number of ether oxygens (including phenoxy) is 2. The molecule has 6 N–H and O–H groups in total. The molecule has 13 heteroatoms. The number of carboxylic acid groups (broad SMARTS) is 1. The quantitative estimate of drug-likeness (QED) is 0.271. The first-order chi connectivity index (χ1) is 17.3. The molecule has 0 amide bonds. The molecule has 0 bridgehead atoms. The van der Waals surface area contributed by atoms with Crippen LogP contribution in [0.2, 0.25) is 0 Å². The van der Waals surface area contributed by atoms with E-state index in [1.807, 2.05) is 13.0 Å². The maximum atomic E-state index is 11.4. The third-order valence-electron chi connectivity index (χ3n) is 8.97. The van der Waals surface area contributed by atoms with Crippen molar-refractivity contribution in [3.8, 4) is 5.75 Å². The summed E-state index contributed by atoms with van der Waals surface area (Å²) in [7, 11) is -4.62. The summed E-state index contributed by atoms with van der Waals surface area (Å²) < 4.78 is 46.9. The molecule has 11 unspecified atom stereocenters. The molecule has 1 saturated heterocycles. The van der Waals surface area contributed by atoms with Crippen molar-refractivity contribution in [1.82, 2.24) is 0 Å². The summed E-state index contributed by atoms with van der Waals surface area (Å²) in [4.78, 5) is 11.4. The molecule has 3 aliphatic carbocycles. The highest BCUT2D eigenvalue weighted by molar-refractivity contribution is 7.81. The molecule has 12 nitrogen and oxygen atoms in total. The number of fused-ring (bicyclic) bond motifs is 5. The van der Waals surface area contributed by atoms with E-state index in [1.165, 1.54) is 6.07 Å². The molecular weight excluding hydrogens is 512 g/mol. The largest absolute Gasteiger partial charge is 0.479 e. The molecule has 1 aliphatic heterocycles. The Morgan fingerprint density at radius 3 is 2.51 bits per heavy atom. The normalized spacial score (nSPS) is 43.4. The maximum absolute atomic E-state index is 11.4. The van der Waals surface area contributed by atoms with Gasteiger partial charge in [0.05, 0.1) is 12.2 Å². The van der Waals surface area contributed by atoms with Gasteiger partial charge in [0, 0.05) is 0 Å². The van der Waals surface area contributed by atoms with Crippen LogP contribution in [0.1, 0.15) is 49.7 Å². The lowest BCUT2D eigenvalue weighted by Gasteiger charge is -2.49. The molecule has 1 aromatic carbocycles. The van der Waals surface area contributed by atoms with Crippen molar-refractivity contribution in [3.63, 3.8) is 0 Å². The molecule has 3 fully saturated rings. The molecule has 5 rings (SSSR count). The summed E-state index contributed by atoms with van der Waals surface area (Å²) in [5, 5.41) is 51.0. The highest BCUT2D eigenvalue weighted by atomic mass is 32.3. The van der Waals surface area contributed by atoms with Crippen LogP contribution in [0, 0.1) is 17.3 Å². The molecule has 37 heavy (non-hydrogen) atoms. The number of aliphatic carboxylic acids is 1. The summed E-state index contributed by atoms with van der Waals surface area (Å²) in [5.41, 5.74) is 1.53. The van der Waals surface area contributed by atoms with E-state index in [-0.39, 0.29) is 23.5 Å². The van der Waals surface area contributed by atoms with Crippen LogP contribution in [-0.2, 0) is 31.1 Å². The minimum atomic E-state index is -4.62. The molecule has 206 valence electrons. The summed E-state index contributed by atoms with van der Waals surface area (Å²) in [6, 6.07) is 4.96. The minimum absolute atomic E-state index is 0.0414. The second-order valence-corrected chi connectivity index (χ2v) is 11.9. The molecule has 1 aromatic rings. The van der Waals surface area contributed by atoms with Crippen LogP contribution >= 0.6 is 0 Å². The zero-order valence-corrected chi connectivity index (χ0v) is 20.9. The first kappa shape index (κ1) is 26.8. The number of aliphatic hydroxyl groups is 4. The topological polar surface area (TPSA) is 200 Å². The van der Waals surface area contributed by atoms with Gasteiger partial charge in [-0.15, -0.1) is 0 Å². The molecule has 1 heterocycles. The Hall–Kier alpha value is -1.84. The highest BCUT2D eigenvalue weighted by Gasteiger charge is 2.59. The van der Waals surface area contributed by atoms with E-state index >= 15 is 0 Å². The van der Waals surface area contributed by atoms with Gasteiger partial charge in [0.2, 0.25) is 0 Å². The predicted molar refractivity (Wildman–Crippen MR) is 124 cm³/mol. The van der Waals surface area contributed by atoms with Gasteiger partial charge in [0.1, 0.15) is 24.1 Å².